The quantitative estimate of drug-likeness (QED) is 0.498. The molecular weight excluding hydrogens is 399 g/mol. The molecule has 2 aromatic carbocycles. The summed E-state index contributed by atoms with van der Waals surface area (Å²) >= 11 is 19.4. The molecule has 0 aliphatic heterocycles. The third kappa shape index (κ3) is 3.39. The van der Waals surface area contributed by atoms with Crippen LogP contribution in [0, 0.1) is 0 Å². The summed E-state index contributed by atoms with van der Waals surface area (Å²) in [6.07, 6.45) is 0. The van der Waals surface area contributed by atoms with Crippen molar-refractivity contribution in [2.45, 2.75) is 0 Å². The van der Waals surface area contributed by atoms with Gasteiger partial charge < -0.3 is 0 Å². The van der Waals surface area contributed by atoms with Crippen molar-refractivity contribution >= 4 is 65.1 Å². The number of halogens is 4. The SMILES string of the molecule is Cl/C(=C(/Cl)c1ccc(Br)cc1)c1ccc(Br)cc1. The van der Waals surface area contributed by atoms with E-state index in [9.17, 15) is 0 Å². The van der Waals surface area contributed by atoms with E-state index in [1.54, 1.807) is 0 Å². The van der Waals surface area contributed by atoms with Crippen molar-refractivity contribution in [2.75, 3.05) is 0 Å². The van der Waals surface area contributed by atoms with Gasteiger partial charge in [-0.25, -0.2) is 0 Å². The molecule has 18 heavy (non-hydrogen) atoms. The Morgan fingerprint density at radius 3 is 1.17 bits per heavy atom. The molecule has 92 valence electrons. The lowest BCUT2D eigenvalue weighted by atomic mass is 10.1. The number of hydrogen-bond donors (Lipinski definition) is 0. The molecule has 0 aromatic heterocycles. The maximum atomic E-state index is 6.30. The highest BCUT2D eigenvalue weighted by Gasteiger charge is 2.07. The Morgan fingerprint density at radius 1 is 0.611 bits per heavy atom. The Kier molecular flexibility index (Phi) is 4.91. The van der Waals surface area contributed by atoms with Gasteiger partial charge in [0.2, 0.25) is 0 Å². The van der Waals surface area contributed by atoms with Gasteiger partial charge >= 0.3 is 0 Å². The summed E-state index contributed by atoms with van der Waals surface area (Å²) in [5.74, 6) is 0. The van der Waals surface area contributed by atoms with Crippen LogP contribution in [-0.4, -0.2) is 0 Å². The van der Waals surface area contributed by atoms with Gasteiger partial charge in [-0.3, -0.25) is 0 Å². The molecule has 0 unspecified atom stereocenters. The molecule has 0 aliphatic rings. The van der Waals surface area contributed by atoms with E-state index in [-0.39, 0.29) is 0 Å². The predicted molar refractivity (Wildman–Crippen MR) is 86.8 cm³/mol. The maximum absolute atomic E-state index is 6.30. The average molecular weight is 407 g/mol. The van der Waals surface area contributed by atoms with Crippen LogP contribution in [-0.2, 0) is 0 Å². The minimum Gasteiger partial charge on any atom is -0.0820 e. The van der Waals surface area contributed by atoms with Crippen LogP contribution >= 0.6 is 55.1 Å². The summed E-state index contributed by atoms with van der Waals surface area (Å²) in [6, 6.07) is 15.4. The first-order valence-electron chi connectivity index (χ1n) is 5.15. The summed E-state index contributed by atoms with van der Waals surface area (Å²) in [4.78, 5) is 0. The van der Waals surface area contributed by atoms with Crippen LogP contribution in [0.1, 0.15) is 11.1 Å². The average Bonchev–Trinajstić information content (AvgIpc) is 2.39. The fourth-order valence-electron chi connectivity index (χ4n) is 1.45. The van der Waals surface area contributed by atoms with Crippen LogP contribution in [0.15, 0.2) is 57.5 Å². The zero-order valence-corrected chi connectivity index (χ0v) is 13.8. The molecule has 0 spiro atoms. The lowest BCUT2D eigenvalue weighted by Crippen LogP contribution is -1.82. The van der Waals surface area contributed by atoms with Crippen LogP contribution in [0.25, 0.3) is 10.1 Å². The van der Waals surface area contributed by atoms with Gasteiger partial charge in [-0.1, -0.05) is 79.3 Å². The van der Waals surface area contributed by atoms with Crippen LogP contribution in [0.4, 0.5) is 0 Å². The van der Waals surface area contributed by atoms with Crippen LogP contribution in [0.2, 0.25) is 0 Å². The third-order valence-electron chi connectivity index (χ3n) is 2.39. The fraction of sp³-hybridized carbons (Fsp3) is 0. The van der Waals surface area contributed by atoms with Crippen molar-refractivity contribution in [2.24, 2.45) is 0 Å². The lowest BCUT2D eigenvalue weighted by Gasteiger charge is -2.05. The van der Waals surface area contributed by atoms with Gasteiger partial charge in [0.1, 0.15) is 0 Å². The monoisotopic (exact) mass is 404 g/mol. The fourth-order valence-corrected chi connectivity index (χ4v) is 2.44. The summed E-state index contributed by atoms with van der Waals surface area (Å²) in [5, 5.41) is 1.10. The number of rotatable bonds is 2. The molecule has 0 saturated carbocycles. The normalized spacial score (nSPS) is 12.2. The zero-order chi connectivity index (χ0) is 13.1. The van der Waals surface area contributed by atoms with E-state index in [1.165, 1.54) is 0 Å². The van der Waals surface area contributed by atoms with Crippen LogP contribution < -0.4 is 0 Å². The van der Waals surface area contributed by atoms with E-state index >= 15 is 0 Å². The van der Waals surface area contributed by atoms with Gasteiger partial charge in [-0.15, -0.1) is 0 Å². The van der Waals surface area contributed by atoms with Gasteiger partial charge in [-0.05, 0) is 35.4 Å². The predicted octanol–water partition coefficient (Wildman–Crippen LogP) is 6.52. The molecule has 0 aliphatic carbocycles. The molecular formula is C14H8Br2Cl2. The molecule has 0 nitrogen and oxygen atoms in total. The Morgan fingerprint density at radius 2 is 0.889 bits per heavy atom. The maximum Gasteiger partial charge on any atom is 0.0670 e. The first kappa shape index (κ1) is 14.1. The Balaban J connectivity index is 2.40. The van der Waals surface area contributed by atoms with E-state index in [0.29, 0.717) is 10.1 Å². The first-order chi connectivity index (χ1) is 8.58. The molecule has 0 N–H and O–H groups in total. The van der Waals surface area contributed by atoms with E-state index in [1.807, 2.05) is 48.5 Å². The second-order valence-corrected chi connectivity index (χ2v) is 6.23. The largest absolute Gasteiger partial charge is 0.0820 e. The highest BCUT2D eigenvalue weighted by atomic mass is 79.9. The highest BCUT2D eigenvalue weighted by Crippen LogP contribution is 2.33. The standard InChI is InChI=1S/C14H8Br2Cl2/c15-11-5-1-9(2-6-11)13(17)14(18)10-3-7-12(16)8-4-10/h1-8H/b14-13+. The van der Waals surface area contributed by atoms with Gasteiger partial charge in [0, 0.05) is 8.95 Å². The Labute approximate surface area is 133 Å². The molecule has 0 bridgehead atoms. The number of benzene rings is 2. The second-order valence-electron chi connectivity index (χ2n) is 3.64. The van der Waals surface area contributed by atoms with Crippen molar-refractivity contribution in [3.05, 3.63) is 68.6 Å². The number of hydrogen-bond acceptors (Lipinski definition) is 0. The van der Waals surface area contributed by atoms with Gasteiger partial charge in [0.05, 0.1) is 10.1 Å². The minimum atomic E-state index is 0.548. The van der Waals surface area contributed by atoms with Crippen molar-refractivity contribution < 1.29 is 0 Å². The summed E-state index contributed by atoms with van der Waals surface area (Å²) < 4.78 is 2.02. The van der Waals surface area contributed by atoms with E-state index in [0.717, 1.165) is 20.1 Å². The van der Waals surface area contributed by atoms with E-state index < -0.39 is 0 Å². The van der Waals surface area contributed by atoms with Crippen molar-refractivity contribution in [3.8, 4) is 0 Å². The summed E-state index contributed by atoms with van der Waals surface area (Å²) in [5.41, 5.74) is 1.79. The minimum absolute atomic E-state index is 0.548. The molecule has 2 aromatic rings. The van der Waals surface area contributed by atoms with Crippen molar-refractivity contribution in [1.82, 2.24) is 0 Å². The Hall–Kier alpha value is -0.280. The van der Waals surface area contributed by atoms with Gasteiger partial charge in [0.15, 0.2) is 0 Å². The van der Waals surface area contributed by atoms with Gasteiger partial charge in [-0.2, -0.15) is 0 Å². The molecule has 0 radical (unpaired) electrons. The topological polar surface area (TPSA) is 0 Å². The van der Waals surface area contributed by atoms with Gasteiger partial charge in [0.25, 0.3) is 0 Å². The van der Waals surface area contributed by atoms with Crippen molar-refractivity contribution in [1.29, 1.82) is 0 Å². The zero-order valence-electron chi connectivity index (χ0n) is 9.13. The van der Waals surface area contributed by atoms with Crippen LogP contribution in [0.3, 0.4) is 0 Å². The first-order valence-corrected chi connectivity index (χ1v) is 7.49. The van der Waals surface area contributed by atoms with Crippen LogP contribution in [0.5, 0.6) is 0 Å². The molecule has 0 atom stereocenters. The third-order valence-corrected chi connectivity index (χ3v) is 4.36. The smallest absolute Gasteiger partial charge is 0.0670 e. The molecule has 4 heteroatoms. The molecule has 0 saturated heterocycles. The molecule has 0 fully saturated rings. The van der Waals surface area contributed by atoms with E-state index in [4.69, 9.17) is 23.2 Å². The molecule has 2 rings (SSSR count). The molecule has 0 heterocycles. The molecule has 0 amide bonds. The second kappa shape index (κ2) is 6.25. The Bertz CT molecular complexity index is 518. The van der Waals surface area contributed by atoms with E-state index in [2.05, 4.69) is 31.9 Å². The highest BCUT2D eigenvalue weighted by molar-refractivity contribution is 9.10. The summed E-state index contributed by atoms with van der Waals surface area (Å²) in [7, 11) is 0. The van der Waals surface area contributed by atoms with Crippen molar-refractivity contribution in [3.63, 3.8) is 0 Å². The summed E-state index contributed by atoms with van der Waals surface area (Å²) in [6.45, 7) is 0. The lowest BCUT2D eigenvalue weighted by molar-refractivity contribution is 1.59.